The lowest BCUT2D eigenvalue weighted by molar-refractivity contribution is -0.137. The lowest BCUT2D eigenvalue weighted by atomic mass is 9.72. The number of ether oxygens (including phenoxy) is 3. The number of likely N-dealkylation sites (tertiary alicyclic amines) is 1. The number of halogens is 3. The van der Waals surface area contributed by atoms with Crippen molar-refractivity contribution in [3.05, 3.63) is 89.0 Å². The summed E-state index contributed by atoms with van der Waals surface area (Å²) in [6.07, 6.45) is -2.21. The Morgan fingerprint density at radius 2 is 1.50 bits per heavy atom. The van der Waals surface area contributed by atoms with Crippen LogP contribution in [0, 0.1) is 0 Å². The second kappa shape index (κ2) is 13.6. The highest BCUT2D eigenvalue weighted by Crippen LogP contribution is 2.42. The summed E-state index contributed by atoms with van der Waals surface area (Å²) in [4.78, 5) is 29.4. The Kier molecular flexibility index (Phi) is 9.81. The lowest BCUT2D eigenvalue weighted by Gasteiger charge is -2.37. The fourth-order valence-corrected chi connectivity index (χ4v) is 6.87. The molecular formula is C35H40F3N3O5. The molecule has 0 saturated carbocycles. The summed E-state index contributed by atoms with van der Waals surface area (Å²) in [7, 11) is 4.42. The first kappa shape index (κ1) is 33.1. The Bertz CT molecular complexity index is 1500. The molecule has 2 heterocycles. The van der Waals surface area contributed by atoms with E-state index >= 15 is 0 Å². The van der Waals surface area contributed by atoms with E-state index in [0.29, 0.717) is 67.1 Å². The predicted octanol–water partition coefficient (Wildman–Crippen LogP) is 5.34. The minimum atomic E-state index is -4.47. The van der Waals surface area contributed by atoms with Gasteiger partial charge >= 0.3 is 6.18 Å². The SMILES string of the molecule is COc1cc(C(=O)N2CCC(CCNC(=O)C3(c4ccccc4)CCNCC3)(c3ccc(C(F)(F)F)cc3)C2)cc(OC)c1OC. The summed E-state index contributed by atoms with van der Waals surface area (Å²) < 4.78 is 56.6. The smallest absolute Gasteiger partial charge is 0.416 e. The summed E-state index contributed by atoms with van der Waals surface area (Å²) >= 11 is 0. The van der Waals surface area contributed by atoms with E-state index in [9.17, 15) is 22.8 Å². The maximum absolute atomic E-state index is 13.9. The van der Waals surface area contributed by atoms with Crippen molar-refractivity contribution in [2.45, 2.75) is 42.7 Å². The summed E-state index contributed by atoms with van der Waals surface area (Å²) in [6.45, 7) is 2.38. The first-order valence-corrected chi connectivity index (χ1v) is 15.4. The Labute approximate surface area is 267 Å². The van der Waals surface area contributed by atoms with Crippen molar-refractivity contribution in [1.29, 1.82) is 0 Å². The molecule has 0 aliphatic carbocycles. The molecule has 0 spiro atoms. The van der Waals surface area contributed by atoms with Crippen molar-refractivity contribution in [2.75, 3.05) is 54.1 Å². The molecule has 246 valence electrons. The molecule has 1 unspecified atom stereocenters. The van der Waals surface area contributed by atoms with Crippen molar-refractivity contribution < 1.29 is 37.0 Å². The van der Waals surface area contributed by atoms with E-state index in [0.717, 1.165) is 30.8 Å². The average Bonchev–Trinajstić information content (AvgIpc) is 3.52. The van der Waals surface area contributed by atoms with Gasteiger partial charge in [0.15, 0.2) is 11.5 Å². The molecule has 1 atom stereocenters. The van der Waals surface area contributed by atoms with Gasteiger partial charge in [-0.15, -0.1) is 0 Å². The van der Waals surface area contributed by atoms with Crippen LogP contribution in [0.4, 0.5) is 13.2 Å². The second-order valence-corrected chi connectivity index (χ2v) is 12.0. The van der Waals surface area contributed by atoms with E-state index in [1.54, 1.807) is 17.0 Å². The van der Waals surface area contributed by atoms with Gasteiger partial charge in [-0.25, -0.2) is 0 Å². The topological polar surface area (TPSA) is 89.1 Å². The Morgan fingerprint density at radius 1 is 0.870 bits per heavy atom. The molecule has 2 saturated heterocycles. The summed E-state index contributed by atoms with van der Waals surface area (Å²) in [5, 5.41) is 6.51. The predicted molar refractivity (Wildman–Crippen MR) is 168 cm³/mol. The summed E-state index contributed by atoms with van der Waals surface area (Å²) in [5.41, 5.74) is -0.0931. The number of nitrogens with one attached hydrogen (secondary N) is 2. The minimum absolute atomic E-state index is 0.0638. The Hall–Kier alpha value is -4.25. The summed E-state index contributed by atoms with van der Waals surface area (Å²) in [5.74, 6) is 0.707. The average molecular weight is 640 g/mol. The number of methoxy groups -OCH3 is 3. The van der Waals surface area contributed by atoms with Gasteiger partial charge in [-0.1, -0.05) is 42.5 Å². The van der Waals surface area contributed by atoms with E-state index in [4.69, 9.17) is 14.2 Å². The van der Waals surface area contributed by atoms with Gasteiger partial charge in [0.1, 0.15) is 0 Å². The Balaban J connectivity index is 1.40. The van der Waals surface area contributed by atoms with E-state index in [-0.39, 0.29) is 18.4 Å². The highest BCUT2D eigenvalue weighted by molar-refractivity contribution is 5.96. The molecule has 0 bridgehead atoms. The highest BCUT2D eigenvalue weighted by Gasteiger charge is 2.44. The molecule has 8 nitrogen and oxygen atoms in total. The summed E-state index contributed by atoms with van der Waals surface area (Å²) in [6, 6.07) is 18.1. The first-order chi connectivity index (χ1) is 22.1. The van der Waals surface area contributed by atoms with Gasteiger partial charge in [0.2, 0.25) is 11.7 Å². The quantitative estimate of drug-likeness (QED) is 0.312. The van der Waals surface area contributed by atoms with Gasteiger partial charge < -0.3 is 29.7 Å². The van der Waals surface area contributed by atoms with Crippen LogP contribution in [0.25, 0.3) is 0 Å². The molecule has 11 heteroatoms. The van der Waals surface area contributed by atoms with Crippen LogP contribution in [0.1, 0.15) is 52.7 Å². The van der Waals surface area contributed by atoms with E-state index in [1.165, 1.54) is 33.5 Å². The molecule has 0 radical (unpaired) electrons. The molecule has 5 rings (SSSR count). The van der Waals surface area contributed by atoms with Crippen molar-refractivity contribution in [2.24, 2.45) is 0 Å². The Morgan fingerprint density at radius 3 is 2.07 bits per heavy atom. The van der Waals surface area contributed by atoms with Crippen LogP contribution in [0.2, 0.25) is 0 Å². The van der Waals surface area contributed by atoms with Crippen molar-refractivity contribution in [3.8, 4) is 17.2 Å². The normalized spacial score (nSPS) is 19.4. The van der Waals surface area contributed by atoms with E-state index in [1.807, 2.05) is 30.3 Å². The number of piperidine rings is 1. The number of hydrogen-bond donors (Lipinski definition) is 2. The number of benzene rings is 3. The first-order valence-electron chi connectivity index (χ1n) is 15.4. The van der Waals surface area contributed by atoms with E-state index in [2.05, 4.69) is 10.6 Å². The molecule has 2 aliphatic heterocycles. The third kappa shape index (κ3) is 6.51. The molecule has 2 fully saturated rings. The van der Waals surface area contributed by atoms with Crippen LogP contribution in [0.5, 0.6) is 17.2 Å². The van der Waals surface area contributed by atoms with Gasteiger partial charge in [-0.3, -0.25) is 9.59 Å². The number of hydrogen-bond acceptors (Lipinski definition) is 6. The monoisotopic (exact) mass is 639 g/mol. The molecule has 2 N–H and O–H groups in total. The van der Waals surface area contributed by atoms with Crippen molar-refractivity contribution in [1.82, 2.24) is 15.5 Å². The number of carbonyl (C=O) groups excluding carboxylic acids is 2. The number of amides is 2. The molecule has 46 heavy (non-hydrogen) atoms. The third-order valence-corrected chi connectivity index (χ3v) is 9.48. The van der Waals surface area contributed by atoms with Gasteiger partial charge in [-0.05, 0) is 74.2 Å². The molecule has 0 aromatic heterocycles. The molecule has 3 aromatic rings. The van der Waals surface area contributed by atoms with Crippen LogP contribution in [-0.4, -0.2) is 70.8 Å². The van der Waals surface area contributed by atoms with Crippen molar-refractivity contribution >= 4 is 11.8 Å². The molecule has 2 amide bonds. The zero-order valence-electron chi connectivity index (χ0n) is 26.3. The standard InChI is InChI=1S/C35H40F3N3O5/c1-44-28-21-24(22-29(45-2)30(28)46-3)31(42)41-20-16-33(23-41,25-9-11-27(12-10-25)35(36,37)38)13-19-40-32(43)34(14-17-39-18-15-34)26-7-5-4-6-8-26/h4-12,21-22,39H,13-20,23H2,1-3H3,(H,40,43). The molecular weight excluding hydrogens is 599 g/mol. The zero-order valence-corrected chi connectivity index (χ0v) is 26.3. The number of carbonyl (C=O) groups is 2. The third-order valence-electron chi connectivity index (χ3n) is 9.48. The lowest BCUT2D eigenvalue weighted by Crippen LogP contribution is -2.51. The van der Waals surface area contributed by atoms with Crippen molar-refractivity contribution in [3.63, 3.8) is 0 Å². The fraction of sp³-hybridized carbons (Fsp3) is 0.429. The second-order valence-electron chi connectivity index (χ2n) is 12.0. The van der Waals surface area contributed by atoms with Gasteiger partial charge in [0, 0.05) is 30.6 Å². The van der Waals surface area contributed by atoms with Crippen LogP contribution in [0.15, 0.2) is 66.7 Å². The van der Waals surface area contributed by atoms with E-state index < -0.39 is 22.6 Å². The van der Waals surface area contributed by atoms with Crippen LogP contribution < -0.4 is 24.8 Å². The fourth-order valence-electron chi connectivity index (χ4n) is 6.87. The highest BCUT2D eigenvalue weighted by atomic mass is 19.4. The van der Waals surface area contributed by atoms with Crippen LogP contribution in [-0.2, 0) is 21.8 Å². The maximum Gasteiger partial charge on any atom is 0.416 e. The largest absolute Gasteiger partial charge is 0.493 e. The maximum atomic E-state index is 13.9. The molecule has 3 aromatic carbocycles. The van der Waals surface area contributed by atoms with Gasteiger partial charge in [0.05, 0.1) is 32.3 Å². The zero-order chi connectivity index (χ0) is 33.0. The minimum Gasteiger partial charge on any atom is -0.493 e. The van der Waals surface area contributed by atoms with Crippen LogP contribution >= 0.6 is 0 Å². The number of alkyl halides is 3. The van der Waals surface area contributed by atoms with Gasteiger partial charge in [0.25, 0.3) is 5.91 Å². The molecule has 2 aliphatic rings. The van der Waals surface area contributed by atoms with Gasteiger partial charge in [-0.2, -0.15) is 13.2 Å². The van der Waals surface area contributed by atoms with Crippen LogP contribution in [0.3, 0.4) is 0 Å². The number of nitrogens with zero attached hydrogens (tertiary/aromatic N) is 1. The number of rotatable bonds is 10.